The van der Waals surface area contributed by atoms with E-state index in [1.54, 1.807) is 4.68 Å². The number of hydrogen-bond donors (Lipinski definition) is 0. The Morgan fingerprint density at radius 3 is 2.86 bits per heavy atom. The summed E-state index contributed by atoms with van der Waals surface area (Å²) < 4.78 is 2.65. The molecule has 1 aliphatic rings. The number of aromatic nitrogens is 3. The Labute approximate surface area is 96.9 Å². The van der Waals surface area contributed by atoms with Crippen molar-refractivity contribution < 1.29 is 0 Å². The van der Waals surface area contributed by atoms with Gasteiger partial charge in [-0.3, -0.25) is 4.68 Å². The maximum atomic E-state index is 6.23. The summed E-state index contributed by atoms with van der Waals surface area (Å²) in [6, 6.07) is 0. The van der Waals surface area contributed by atoms with Crippen LogP contribution in [-0.4, -0.2) is 20.4 Å². The Morgan fingerprint density at radius 1 is 1.64 bits per heavy atom. The fourth-order valence-corrected chi connectivity index (χ4v) is 2.47. The molecule has 1 saturated carbocycles. The van der Waals surface area contributed by atoms with Crippen LogP contribution in [0.15, 0.2) is 4.60 Å². The van der Waals surface area contributed by atoms with Crippen LogP contribution in [0.1, 0.15) is 25.0 Å². The molecular weight excluding hydrogens is 265 g/mol. The van der Waals surface area contributed by atoms with Gasteiger partial charge in [0.1, 0.15) is 0 Å². The standard InChI is InChI=1S/C9H13BrClN3/c1-14-8(9(10)12-13-14)5-4-7(11)6-2-3-6/h6-7H,2-5H2,1H3. The normalized spacial score (nSPS) is 18.5. The predicted molar refractivity (Wildman–Crippen MR) is 59.4 cm³/mol. The molecule has 0 saturated heterocycles. The monoisotopic (exact) mass is 277 g/mol. The van der Waals surface area contributed by atoms with Crippen LogP contribution in [0, 0.1) is 5.92 Å². The summed E-state index contributed by atoms with van der Waals surface area (Å²) in [5, 5.41) is 8.20. The first kappa shape index (κ1) is 10.4. The summed E-state index contributed by atoms with van der Waals surface area (Å²) in [6.45, 7) is 0. The number of aryl methyl sites for hydroxylation is 1. The quantitative estimate of drug-likeness (QED) is 0.793. The highest BCUT2D eigenvalue weighted by Gasteiger charge is 2.29. The van der Waals surface area contributed by atoms with E-state index in [0.29, 0.717) is 5.38 Å². The van der Waals surface area contributed by atoms with E-state index in [9.17, 15) is 0 Å². The zero-order chi connectivity index (χ0) is 10.1. The first-order valence-corrected chi connectivity index (χ1v) is 6.09. The molecule has 1 aliphatic carbocycles. The Kier molecular flexibility index (Phi) is 3.12. The van der Waals surface area contributed by atoms with Crippen LogP contribution >= 0.6 is 27.5 Å². The molecule has 5 heteroatoms. The first-order valence-electron chi connectivity index (χ1n) is 4.86. The molecule has 1 aromatic heterocycles. The Balaban J connectivity index is 1.90. The van der Waals surface area contributed by atoms with E-state index < -0.39 is 0 Å². The summed E-state index contributed by atoms with van der Waals surface area (Å²) in [5.41, 5.74) is 1.14. The van der Waals surface area contributed by atoms with E-state index in [2.05, 4.69) is 26.2 Å². The third-order valence-corrected chi connectivity index (χ3v) is 3.88. The summed E-state index contributed by atoms with van der Waals surface area (Å²) in [6.07, 6.45) is 4.58. The van der Waals surface area contributed by atoms with E-state index in [1.165, 1.54) is 12.8 Å². The van der Waals surface area contributed by atoms with E-state index in [0.717, 1.165) is 29.1 Å². The van der Waals surface area contributed by atoms with Crippen molar-refractivity contribution in [2.24, 2.45) is 13.0 Å². The molecule has 1 atom stereocenters. The van der Waals surface area contributed by atoms with Gasteiger partial charge < -0.3 is 0 Å². The minimum atomic E-state index is 0.330. The Morgan fingerprint density at radius 2 is 2.36 bits per heavy atom. The lowest BCUT2D eigenvalue weighted by molar-refractivity contribution is 0.625. The third kappa shape index (κ3) is 2.28. The van der Waals surface area contributed by atoms with Crippen LogP contribution in [0.25, 0.3) is 0 Å². The van der Waals surface area contributed by atoms with Crippen molar-refractivity contribution in [2.75, 3.05) is 0 Å². The summed E-state index contributed by atoms with van der Waals surface area (Å²) >= 11 is 9.62. The van der Waals surface area contributed by atoms with Gasteiger partial charge in [0.05, 0.1) is 5.69 Å². The lowest BCUT2D eigenvalue weighted by atomic mass is 10.1. The van der Waals surface area contributed by atoms with Crippen molar-refractivity contribution >= 4 is 27.5 Å². The van der Waals surface area contributed by atoms with Crippen LogP contribution in [0.3, 0.4) is 0 Å². The Bertz CT molecular complexity index is 302. The van der Waals surface area contributed by atoms with Crippen LogP contribution < -0.4 is 0 Å². The van der Waals surface area contributed by atoms with Gasteiger partial charge in [0.15, 0.2) is 4.60 Å². The molecule has 2 rings (SSSR count). The fourth-order valence-electron chi connectivity index (χ4n) is 1.58. The molecule has 1 fully saturated rings. The molecule has 0 aliphatic heterocycles. The molecule has 0 N–H and O–H groups in total. The van der Waals surface area contributed by atoms with Crippen LogP contribution in [0.4, 0.5) is 0 Å². The second kappa shape index (κ2) is 4.19. The van der Waals surface area contributed by atoms with Gasteiger partial charge in [-0.05, 0) is 47.5 Å². The SMILES string of the molecule is Cn1nnc(Br)c1CCC(Cl)C1CC1. The van der Waals surface area contributed by atoms with Crippen LogP contribution in [0.5, 0.6) is 0 Å². The van der Waals surface area contributed by atoms with E-state index in [1.807, 2.05) is 7.05 Å². The molecule has 78 valence electrons. The summed E-state index contributed by atoms with van der Waals surface area (Å²) in [5.74, 6) is 0.761. The molecular formula is C9H13BrClN3. The molecule has 0 radical (unpaired) electrons. The number of rotatable bonds is 4. The second-order valence-corrected chi connectivity index (χ2v) is 5.15. The fraction of sp³-hybridized carbons (Fsp3) is 0.778. The highest BCUT2D eigenvalue weighted by atomic mass is 79.9. The minimum absolute atomic E-state index is 0.330. The maximum absolute atomic E-state index is 6.23. The van der Waals surface area contributed by atoms with E-state index in [-0.39, 0.29) is 0 Å². The van der Waals surface area contributed by atoms with Crippen molar-refractivity contribution in [1.82, 2.24) is 15.0 Å². The molecule has 3 nitrogen and oxygen atoms in total. The van der Waals surface area contributed by atoms with E-state index >= 15 is 0 Å². The van der Waals surface area contributed by atoms with Gasteiger partial charge in [-0.1, -0.05) is 5.21 Å². The van der Waals surface area contributed by atoms with Gasteiger partial charge in [0.2, 0.25) is 0 Å². The molecule has 0 amide bonds. The van der Waals surface area contributed by atoms with Gasteiger partial charge in [-0.2, -0.15) is 0 Å². The van der Waals surface area contributed by atoms with E-state index in [4.69, 9.17) is 11.6 Å². The summed E-state index contributed by atoms with van der Waals surface area (Å²) in [4.78, 5) is 0. The van der Waals surface area contributed by atoms with Crippen molar-refractivity contribution in [1.29, 1.82) is 0 Å². The van der Waals surface area contributed by atoms with Gasteiger partial charge in [0, 0.05) is 12.4 Å². The zero-order valence-corrected chi connectivity index (χ0v) is 10.4. The average Bonchev–Trinajstić information content (AvgIpc) is 2.93. The predicted octanol–water partition coefficient (Wildman–Crippen LogP) is 2.53. The Hall–Kier alpha value is -0.0900. The van der Waals surface area contributed by atoms with Gasteiger partial charge in [0.25, 0.3) is 0 Å². The van der Waals surface area contributed by atoms with Gasteiger partial charge in [-0.25, -0.2) is 0 Å². The molecule has 0 aromatic carbocycles. The smallest absolute Gasteiger partial charge is 0.151 e. The number of halogens is 2. The van der Waals surface area contributed by atoms with Crippen molar-refractivity contribution in [3.63, 3.8) is 0 Å². The third-order valence-electron chi connectivity index (χ3n) is 2.69. The molecule has 1 unspecified atom stereocenters. The average molecular weight is 279 g/mol. The highest BCUT2D eigenvalue weighted by Crippen LogP contribution is 2.37. The lowest BCUT2D eigenvalue weighted by Crippen LogP contribution is -2.06. The number of hydrogen-bond acceptors (Lipinski definition) is 2. The topological polar surface area (TPSA) is 30.7 Å². The second-order valence-electron chi connectivity index (χ2n) is 3.84. The molecule has 1 heterocycles. The van der Waals surface area contributed by atoms with Crippen molar-refractivity contribution in [3.05, 3.63) is 10.3 Å². The highest BCUT2D eigenvalue weighted by molar-refractivity contribution is 9.10. The van der Waals surface area contributed by atoms with Crippen molar-refractivity contribution in [2.45, 2.75) is 31.1 Å². The maximum Gasteiger partial charge on any atom is 0.151 e. The number of nitrogens with zero attached hydrogens (tertiary/aromatic N) is 3. The first-order chi connectivity index (χ1) is 6.68. The largest absolute Gasteiger partial charge is 0.251 e. The van der Waals surface area contributed by atoms with Crippen molar-refractivity contribution in [3.8, 4) is 0 Å². The van der Waals surface area contributed by atoms with Gasteiger partial charge in [-0.15, -0.1) is 16.7 Å². The van der Waals surface area contributed by atoms with Crippen LogP contribution in [-0.2, 0) is 13.5 Å². The molecule has 0 bridgehead atoms. The zero-order valence-electron chi connectivity index (χ0n) is 8.08. The summed E-state index contributed by atoms with van der Waals surface area (Å²) in [7, 11) is 1.91. The number of alkyl halides is 1. The molecule has 1 aromatic rings. The minimum Gasteiger partial charge on any atom is -0.251 e. The molecule has 0 spiro atoms. The van der Waals surface area contributed by atoms with Gasteiger partial charge >= 0.3 is 0 Å². The molecule has 14 heavy (non-hydrogen) atoms. The lowest BCUT2D eigenvalue weighted by Gasteiger charge is -2.07. The van der Waals surface area contributed by atoms with Crippen LogP contribution in [0.2, 0.25) is 0 Å².